The van der Waals surface area contributed by atoms with Crippen molar-refractivity contribution in [3.8, 4) is 11.4 Å². The zero-order valence-corrected chi connectivity index (χ0v) is 12.1. The Morgan fingerprint density at radius 2 is 2.25 bits per heavy atom. The van der Waals surface area contributed by atoms with Gasteiger partial charge in [-0.05, 0) is 25.0 Å². The lowest BCUT2D eigenvalue weighted by Gasteiger charge is -2.14. The second-order valence-corrected chi connectivity index (χ2v) is 5.16. The summed E-state index contributed by atoms with van der Waals surface area (Å²) in [4.78, 5) is 8.89. The topological polar surface area (TPSA) is 70.4 Å². The summed E-state index contributed by atoms with van der Waals surface area (Å²) >= 11 is 0. The molecule has 0 fully saturated rings. The van der Waals surface area contributed by atoms with E-state index >= 15 is 0 Å². The Hall–Kier alpha value is -1.98. The second kappa shape index (κ2) is 5.98. The predicted octanol–water partition coefficient (Wildman–Crippen LogP) is 2.25. The lowest BCUT2D eigenvalue weighted by Crippen LogP contribution is -2.70. The Morgan fingerprint density at radius 3 is 2.85 bits per heavy atom. The molecule has 0 aliphatic carbocycles. The Bertz CT molecular complexity index is 616. The average Bonchev–Trinajstić information content (AvgIpc) is 2.74. The number of nitrogens with zero attached hydrogens (tertiary/aromatic N) is 3. The van der Waals surface area contributed by atoms with Crippen LogP contribution in [0.5, 0.6) is 0 Å². The summed E-state index contributed by atoms with van der Waals surface area (Å²) in [6.45, 7) is 10.9. The van der Waals surface area contributed by atoms with Gasteiger partial charge in [0.25, 0.3) is 0 Å². The number of quaternary nitrogens is 1. The summed E-state index contributed by atoms with van der Waals surface area (Å²) in [5.41, 5.74) is 3.70. The molecule has 0 saturated heterocycles. The summed E-state index contributed by atoms with van der Waals surface area (Å²) in [6.07, 6.45) is 3.40. The molecule has 0 aliphatic heterocycles. The number of aryl methyl sites for hydroxylation is 1. The normalized spacial score (nSPS) is 11.1. The minimum atomic E-state index is 0.475. The van der Waals surface area contributed by atoms with Gasteiger partial charge in [0.1, 0.15) is 17.2 Å². The minimum Gasteiger partial charge on any atom is -0.630 e. The van der Waals surface area contributed by atoms with Gasteiger partial charge in [0.05, 0.1) is 5.69 Å². The Labute approximate surface area is 119 Å². The molecular weight excluding hydrogens is 252 g/mol. The van der Waals surface area contributed by atoms with Crippen molar-refractivity contribution in [1.82, 2.24) is 14.5 Å². The van der Waals surface area contributed by atoms with Crippen LogP contribution in [0, 0.1) is 18.0 Å². The van der Waals surface area contributed by atoms with Gasteiger partial charge in [-0.2, -0.15) is 0 Å². The van der Waals surface area contributed by atoms with Gasteiger partial charge in [-0.15, -0.1) is 0 Å². The summed E-state index contributed by atoms with van der Waals surface area (Å²) in [5.74, 6) is 1.38. The van der Waals surface area contributed by atoms with E-state index in [2.05, 4.69) is 35.0 Å². The number of hydrogen-bond donors (Lipinski definition) is 1. The molecule has 20 heavy (non-hydrogen) atoms. The van der Waals surface area contributed by atoms with E-state index in [4.69, 9.17) is 0 Å². The monoisotopic (exact) mass is 272 g/mol. The molecule has 5 nitrogen and oxygen atoms in total. The van der Waals surface area contributed by atoms with Crippen molar-refractivity contribution in [2.75, 3.05) is 0 Å². The van der Waals surface area contributed by atoms with Crippen LogP contribution in [0.4, 0.5) is 5.69 Å². The van der Waals surface area contributed by atoms with Crippen molar-refractivity contribution in [3.63, 3.8) is 0 Å². The summed E-state index contributed by atoms with van der Waals surface area (Å²) in [7, 11) is 0. The van der Waals surface area contributed by atoms with Gasteiger partial charge in [-0.1, -0.05) is 20.4 Å². The average molecular weight is 272 g/mol. The Balaban J connectivity index is 2.67. The zero-order chi connectivity index (χ0) is 14.7. The molecule has 5 heteroatoms. The first-order valence-electron chi connectivity index (χ1n) is 6.68. The molecule has 2 heterocycles. The number of imidazole rings is 1. The van der Waals surface area contributed by atoms with Crippen LogP contribution in [-0.2, 0) is 6.54 Å². The minimum absolute atomic E-state index is 0.475. The molecule has 0 amide bonds. The molecule has 2 N–H and O–H groups in total. The van der Waals surface area contributed by atoms with Gasteiger partial charge in [0, 0.05) is 18.8 Å². The highest BCUT2D eigenvalue weighted by atomic mass is 16.5. The zero-order valence-electron chi connectivity index (χ0n) is 12.1. The van der Waals surface area contributed by atoms with Crippen LogP contribution in [0.1, 0.15) is 25.4 Å². The number of hydrogen-bond acceptors (Lipinski definition) is 3. The lowest BCUT2D eigenvalue weighted by atomic mass is 10.1. The van der Waals surface area contributed by atoms with E-state index in [0.717, 1.165) is 29.2 Å². The molecule has 0 atom stereocenters. The van der Waals surface area contributed by atoms with Crippen LogP contribution >= 0.6 is 0 Å². The van der Waals surface area contributed by atoms with Gasteiger partial charge in [-0.3, -0.25) is 0 Å². The van der Waals surface area contributed by atoms with Crippen molar-refractivity contribution in [3.05, 3.63) is 41.6 Å². The van der Waals surface area contributed by atoms with Gasteiger partial charge < -0.3 is 15.3 Å². The Morgan fingerprint density at radius 1 is 1.50 bits per heavy atom. The van der Waals surface area contributed by atoms with Crippen molar-refractivity contribution in [2.45, 2.75) is 27.3 Å². The van der Waals surface area contributed by atoms with E-state index in [1.165, 1.54) is 0 Å². The third kappa shape index (κ3) is 2.64. The first kappa shape index (κ1) is 14.4. The molecule has 2 rings (SSSR count). The van der Waals surface area contributed by atoms with E-state index in [1.807, 2.05) is 6.92 Å². The maximum absolute atomic E-state index is 11.2. The number of nitrogens with two attached hydrogens (primary N) is 1. The van der Waals surface area contributed by atoms with Crippen molar-refractivity contribution in [2.24, 2.45) is 5.92 Å². The fourth-order valence-corrected chi connectivity index (χ4v) is 2.28. The maximum atomic E-state index is 11.2. The fourth-order valence-electron chi connectivity index (χ4n) is 2.28. The van der Waals surface area contributed by atoms with Crippen molar-refractivity contribution >= 4 is 11.8 Å². The number of aromatic nitrogens is 3. The molecule has 0 aromatic carbocycles. The van der Waals surface area contributed by atoms with Crippen molar-refractivity contribution in [1.29, 1.82) is 0 Å². The third-order valence-corrected chi connectivity index (χ3v) is 3.12. The summed E-state index contributed by atoms with van der Waals surface area (Å²) in [5, 5.41) is 11.2. The molecule has 0 unspecified atom stereocenters. The van der Waals surface area contributed by atoms with Crippen LogP contribution in [0.15, 0.2) is 24.9 Å². The van der Waals surface area contributed by atoms with Crippen LogP contribution in [0.25, 0.3) is 17.5 Å². The van der Waals surface area contributed by atoms with E-state index in [1.54, 1.807) is 24.4 Å². The molecule has 0 spiro atoms. The van der Waals surface area contributed by atoms with Gasteiger partial charge in [0.15, 0.2) is 5.69 Å². The second-order valence-electron chi connectivity index (χ2n) is 5.16. The van der Waals surface area contributed by atoms with Crippen LogP contribution in [0.2, 0.25) is 0 Å². The van der Waals surface area contributed by atoms with E-state index in [-0.39, 0.29) is 0 Å². The molecule has 0 radical (unpaired) electrons. The highest BCUT2D eigenvalue weighted by Crippen LogP contribution is 2.28. The highest BCUT2D eigenvalue weighted by Gasteiger charge is 2.20. The molecular formula is C15H20N4O. The Kier molecular flexibility index (Phi) is 4.32. The third-order valence-electron chi connectivity index (χ3n) is 3.12. The number of rotatable bonds is 5. The smallest absolute Gasteiger partial charge is 0.157 e. The van der Waals surface area contributed by atoms with E-state index in [9.17, 15) is 5.21 Å². The quantitative estimate of drug-likeness (QED) is 0.849. The molecule has 2 aromatic heterocycles. The predicted molar refractivity (Wildman–Crippen MR) is 80.1 cm³/mol. The standard InChI is InChI=1S/C15H20N4O/c1-5-12-15(14-13(18-20)7-6-8-16-14)19(9-10(2)3)11(4)17-12/h5-8,10H,1,9,18H2,2-4H3. The van der Waals surface area contributed by atoms with Crippen LogP contribution in [0.3, 0.4) is 0 Å². The molecule has 106 valence electrons. The van der Waals surface area contributed by atoms with Crippen LogP contribution < -0.4 is 5.48 Å². The van der Waals surface area contributed by atoms with Crippen molar-refractivity contribution < 1.29 is 5.48 Å². The molecule has 0 saturated carbocycles. The summed E-state index contributed by atoms with van der Waals surface area (Å²) < 4.78 is 2.11. The molecule has 2 aromatic rings. The van der Waals surface area contributed by atoms with E-state index in [0.29, 0.717) is 17.3 Å². The SMILES string of the molecule is C=Cc1nc(C)n(CC(C)C)c1-c1ncccc1[NH2+][O-]. The largest absolute Gasteiger partial charge is 0.630 e. The fraction of sp³-hybridized carbons (Fsp3) is 0.333. The number of pyridine rings is 1. The lowest BCUT2D eigenvalue weighted by molar-refractivity contribution is -0.496. The van der Waals surface area contributed by atoms with Gasteiger partial charge >= 0.3 is 0 Å². The van der Waals surface area contributed by atoms with Crippen LogP contribution in [-0.4, -0.2) is 14.5 Å². The van der Waals surface area contributed by atoms with Gasteiger partial charge in [0.2, 0.25) is 0 Å². The van der Waals surface area contributed by atoms with Gasteiger partial charge in [-0.25, -0.2) is 9.97 Å². The first-order chi connectivity index (χ1) is 9.58. The first-order valence-corrected chi connectivity index (χ1v) is 6.68. The maximum Gasteiger partial charge on any atom is 0.157 e. The van der Waals surface area contributed by atoms with E-state index < -0.39 is 0 Å². The molecule has 0 bridgehead atoms. The molecule has 0 aliphatic rings. The summed E-state index contributed by atoms with van der Waals surface area (Å²) in [6, 6.07) is 3.53. The highest BCUT2D eigenvalue weighted by molar-refractivity contribution is 5.74.